The SMILES string of the molecule is CCNCCCc1nnc(-c2ccc([N+](=O)[O-])c(C)c2)s1. The van der Waals surface area contributed by atoms with Gasteiger partial charge in [0.2, 0.25) is 0 Å². The third-order valence-corrected chi connectivity index (χ3v) is 4.13. The van der Waals surface area contributed by atoms with Gasteiger partial charge in [0.1, 0.15) is 10.0 Å². The van der Waals surface area contributed by atoms with Crippen molar-refractivity contribution in [2.75, 3.05) is 13.1 Å². The molecule has 0 spiro atoms. The van der Waals surface area contributed by atoms with Crippen molar-refractivity contribution in [1.29, 1.82) is 0 Å². The lowest BCUT2D eigenvalue weighted by atomic mass is 10.1. The first-order valence-electron chi connectivity index (χ1n) is 6.90. The van der Waals surface area contributed by atoms with Crippen LogP contribution in [0.4, 0.5) is 5.69 Å². The number of nitrogens with zero attached hydrogens (tertiary/aromatic N) is 3. The molecule has 7 heteroatoms. The van der Waals surface area contributed by atoms with Crippen molar-refractivity contribution in [1.82, 2.24) is 15.5 Å². The second kappa shape index (κ2) is 7.24. The Hall–Kier alpha value is -1.86. The largest absolute Gasteiger partial charge is 0.317 e. The van der Waals surface area contributed by atoms with E-state index < -0.39 is 0 Å². The molecule has 0 aliphatic heterocycles. The molecule has 1 aromatic carbocycles. The summed E-state index contributed by atoms with van der Waals surface area (Å²) in [7, 11) is 0. The Bertz CT molecular complexity index is 627. The normalized spacial score (nSPS) is 10.8. The molecule has 0 amide bonds. The van der Waals surface area contributed by atoms with Gasteiger partial charge in [-0.05, 0) is 38.6 Å². The van der Waals surface area contributed by atoms with Gasteiger partial charge in [0.25, 0.3) is 5.69 Å². The number of aryl methyl sites for hydroxylation is 2. The molecule has 0 saturated heterocycles. The van der Waals surface area contributed by atoms with E-state index in [1.807, 2.05) is 0 Å². The molecule has 6 nitrogen and oxygen atoms in total. The number of nitrogens with one attached hydrogen (secondary N) is 1. The van der Waals surface area contributed by atoms with Gasteiger partial charge in [0, 0.05) is 23.6 Å². The molecule has 0 fully saturated rings. The van der Waals surface area contributed by atoms with Gasteiger partial charge in [-0.2, -0.15) is 0 Å². The Labute approximate surface area is 127 Å². The Morgan fingerprint density at radius 3 is 2.86 bits per heavy atom. The molecular weight excluding hydrogens is 288 g/mol. The number of rotatable bonds is 7. The summed E-state index contributed by atoms with van der Waals surface area (Å²) in [5.41, 5.74) is 1.66. The minimum Gasteiger partial charge on any atom is -0.317 e. The molecule has 1 aromatic heterocycles. The van der Waals surface area contributed by atoms with Crippen molar-refractivity contribution in [2.24, 2.45) is 0 Å². The van der Waals surface area contributed by atoms with E-state index in [0.29, 0.717) is 5.56 Å². The summed E-state index contributed by atoms with van der Waals surface area (Å²) in [4.78, 5) is 10.4. The van der Waals surface area contributed by atoms with Crippen LogP contribution in [0.25, 0.3) is 10.6 Å². The first kappa shape index (κ1) is 15.5. The minimum absolute atomic E-state index is 0.133. The molecule has 1 N–H and O–H groups in total. The van der Waals surface area contributed by atoms with Crippen LogP contribution in [0.3, 0.4) is 0 Å². The number of benzene rings is 1. The zero-order valence-electron chi connectivity index (χ0n) is 12.1. The van der Waals surface area contributed by atoms with Crippen LogP contribution in [-0.2, 0) is 6.42 Å². The molecule has 1 heterocycles. The van der Waals surface area contributed by atoms with Crippen molar-refractivity contribution in [3.8, 4) is 10.6 Å². The van der Waals surface area contributed by atoms with Gasteiger partial charge in [0.05, 0.1) is 4.92 Å². The van der Waals surface area contributed by atoms with Crippen molar-refractivity contribution in [3.05, 3.63) is 38.9 Å². The van der Waals surface area contributed by atoms with E-state index in [1.165, 1.54) is 6.07 Å². The molecule has 0 saturated carbocycles. The maximum absolute atomic E-state index is 10.8. The lowest BCUT2D eigenvalue weighted by Crippen LogP contribution is -2.14. The molecule has 0 atom stereocenters. The van der Waals surface area contributed by atoms with E-state index >= 15 is 0 Å². The van der Waals surface area contributed by atoms with Crippen LogP contribution in [0.5, 0.6) is 0 Å². The van der Waals surface area contributed by atoms with Crippen LogP contribution in [0.1, 0.15) is 23.9 Å². The van der Waals surface area contributed by atoms with Crippen LogP contribution in [0.2, 0.25) is 0 Å². The predicted octanol–water partition coefficient (Wildman–Crippen LogP) is 2.96. The van der Waals surface area contributed by atoms with Gasteiger partial charge < -0.3 is 5.32 Å². The molecule has 0 aliphatic carbocycles. The zero-order valence-corrected chi connectivity index (χ0v) is 12.9. The number of aromatic nitrogens is 2. The summed E-state index contributed by atoms with van der Waals surface area (Å²) in [6, 6.07) is 5.05. The summed E-state index contributed by atoms with van der Waals surface area (Å²) in [5, 5.41) is 24.3. The molecule has 0 aliphatic rings. The number of nitro groups is 1. The monoisotopic (exact) mass is 306 g/mol. The maximum Gasteiger partial charge on any atom is 0.272 e. The molecule has 0 bridgehead atoms. The highest BCUT2D eigenvalue weighted by atomic mass is 32.1. The van der Waals surface area contributed by atoms with Crippen molar-refractivity contribution < 1.29 is 4.92 Å². The Morgan fingerprint density at radius 2 is 2.19 bits per heavy atom. The third-order valence-electron chi connectivity index (χ3n) is 3.10. The standard InChI is InChI=1S/C14H18N4O2S/c1-3-15-8-4-5-13-16-17-14(21-13)11-6-7-12(18(19)20)10(2)9-11/h6-7,9,15H,3-5,8H2,1-2H3. The molecule has 0 unspecified atom stereocenters. The number of hydrogen-bond acceptors (Lipinski definition) is 6. The molecule has 0 radical (unpaired) electrons. The van der Waals surface area contributed by atoms with E-state index in [2.05, 4.69) is 22.4 Å². The molecule has 2 aromatic rings. The molecule has 2 rings (SSSR count). The summed E-state index contributed by atoms with van der Waals surface area (Å²) in [6.45, 7) is 5.77. The highest BCUT2D eigenvalue weighted by Gasteiger charge is 2.13. The first-order valence-corrected chi connectivity index (χ1v) is 7.72. The fraction of sp³-hybridized carbons (Fsp3) is 0.429. The lowest BCUT2D eigenvalue weighted by molar-refractivity contribution is -0.385. The Kier molecular flexibility index (Phi) is 5.35. The number of hydrogen-bond donors (Lipinski definition) is 1. The van der Waals surface area contributed by atoms with Gasteiger partial charge in [-0.3, -0.25) is 10.1 Å². The van der Waals surface area contributed by atoms with Gasteiger partial charge in [-0.15, -0.1) is 10.2 Å². The van der Waals surface area contributed by atoms with E-state index in [0.717, 1.165) is 41.5 Å². The highest BCUT2D eigenvalue weighted by molar-refractivity contribution is 7.14. The Balaban J connectivity index is 2.07. The van der Waals surface area contributed by atoms with E-state index in [4.69, 9.17) is 0 Å². The fourth-order valence-electron chi connectivity index (χ4n) is 2.01. The summed E-state index contributed by atoms with van der Waals surface area (Å²) in [5.74, 6) is 0. The summed E-state index contributed by atoms with van der Waals surface area (Å²) in [6.07, 6.45) is 1.93. The molecule has 21 heavy (non-hydrogen) atoms. The van der Waals surface area contributed by atoms with Gasteiger partial charge in [-0.25, -0.2) is 0 Å². The zero-order chi connectivity index (χ0) is 15.2. The predicted molar refractivity (Wildman–Crippen MR) is 83.6 cm³/mol. The van der Waals surface area contributed by atoms with Gasteiger partial charge in [-0.1, -0.05) is 18.3 Å². The maximum atomic E-state index is 10.8. The second-order valence-corrected chi connectivity index (χ2v) is 5.78. The second-order valence-electron chi connectivity index (χ2n) is 4.72. The fourth-order valence-corrected chi connectivity index (χ4v) is 2.88. The topological polar surface area (TPSA) is 81.0 Å². The summed E-state index contributed by atoms with van der Waals surface area (Å²) >= 11 is 1.55. The smallest absolute Gasteiger partial charge is 0.272 e. The summed E-state index contributed by atoms with van der Waals surface area (Å²) < 4.78 is 0. The van der Waals surface area contributed by atoms with Crippen LogP contribution in [-0.4, -0.2) is 28.2 Å². The van der Waals surface area contributed by atoms with Gasteiger partial charge >= 0.3 is 0 Å². The lowest BCUT2D eigenvalue weighted by Gasteiger charge is -1.99. The van der Waals surface area contributed by atoms with Crippen LogP contribution >= 0.6 is 11.3 Å². The average molecular weight is 306 g/mol. The minimum atomic E-state index is -0.370. The van der Waals surface area contributed by atoms with E-state index in [1.54, 1.807) is 30.4 Å². The van der Waals surface area contributed by atoms with E-state index in [-0.39, 0.29) is 10.6 Å². The molecular formula is C14H18N4O2S. The quantitative estimate of drug-likeness (QED) is 0.483. The Morgan fingerprint density at radius 1 is 1.38 bits per heavy atom. The average Bonchev–Trinajstić information content (AvgIpc) is 2.92. The third kappa shape index (κ3) is 4.05. The van der Waals surface area contributed by atoms with Crippen molar-refractivity contribution >= 4 is 17.0 Å². The van der Waals surface area contributed by atoms with Crippen molar-refractivity contribution in [2.45, 2.75) is 26.7 Å². The number of nitro benzene ring substituents is 1. The van der Waals surface area contributed by atoms with Crippen molar-refractivity contribution in [3.63, 3.8) is 0 Å². The van der Waals surface area contributed by atoms with Crippen LogP contribution in [0, 0.1) is 17.0 Å². The highest BCUT2D eigenvalue weighted by Crippen LogP contribution is 2.28. The van der Waals surface area contributed by atoms with Gasteiger partial charge in [0.15, 0.2) is 0 Å². The van der Waals surface area contributed by atoms with E-state index in [9.17, 15) is 10.1 Å². The van der Waals surface area contributed by atoms with Crippen LogP contribution < -0.4 is 5.32 Å². The van der Waals surface area contributed by atoms with Crippen LogP contribution in [0.15, 0.2) is 18.2 Å². The first-order chi connectivity index (χ1) is 10.1. The molecule has 112 valence electrons.